The van der Waals surface area contributed by atoms with Gasteiger partial charge in [0.15, 0.2) is 0 Å². The minimum Gasteiger partial charge on any atom is -0.372 e. The minimum atomic E-state index is -0.199. The third-order valence-electron chi connectivity index (χ3n) is 3.36. The highest BCUT2D eigenvalue weighted by Gasteiger charge is 2.21. The van der Waals surface area contributed by atoms with Crippen LogP contribution in [-0.4, -0.2) is 19.2 Å². The Bertz CT molecular complexity index is 350. The van der Waals surface area contributed by atoms with Crippen molar-refractivity contribution in [2.45, 2.75) is 32.4 Å². The normalized spacial score (nSPS) is 25.9. The average Bonchev–Trinajstić information content (AvgIpc) is 2.55. The highest BCUT2D eigenvalue weighted by Crippen LogP contribution is 2.21. The summed E-state index contributed by atoms with van der Waals surface area (Å²) in [5.41, 5.74) is 1.04. The Morgan fingerprint density at radius 1 is 1.29 bits per heavy atom. The summed E-state index contributed by atoms with van der Waals surface area (Å²) in [6.07, 6.45) is 1.08. The third-order valence-corrected chi connectivity index (χ3v) is 3.36. The van der Waals surface area contributed by atoms with Crippen LogP contribution in [0.25, 0.3) is 0 Å². The molecule has 0 spiro atoms. The summed E-state index contributed by atoms with van der Waals surface area (Å²) in [4.78, 5) is 0. The maximum Gasteiger partial charge on any atom is 0.123 e. The summed E-state index contributed by atoms with van der Waals surface area (Å²) in [6.45, 7) is 6.00. The summed E-state index contributed by atoms with van der Waals surface area (Å²) < 4.78 is 18.7. The van der Waals surface area contributed by atoms with Gasteiger partial charge in [0, 0.05) is 19.2 Å². The van der Waals surface area contributed by atoms with Crippen molar-refractivity contribution in [3.05, 3.63) is 35.6 Å². The second-order valence-electron chi connectivity index (χ2n) is 4.96. The van der Waals surface area contributed by atoms with Crippen LogP contribution in [0.4, 0.5) is 4.39 Å². The topological polar surface area (TPSA) is 21.3 Å². The van der Waals surface area contributed by atoms with Crippen molar-refractivity contribution in [2.75, 3.05) is 13.2 Å². The Balaban J connectivity index is 2.01. The highest BCUT2D eigenvalue weighted by molar-refractivity contribution is 5.19. The van der Waals surface area contributed by atoms with E-state index in [0.717, 1.165) is 25.1 Å². The number of hydrogen-bond acceptors (Lipinski definition) is 2. The molecule has 1 aliphatic heterocycles. The lowest BCUT2D eigenvalue weighted by Gasteiger charge is -2.19. The smallest absolute Gasteiger partial charge is 0.123 e. The van der Waals surface area contributed by atoms with E-state index in [-0.39, 0.29) is 11.9 Å². The van der Waals surface area contributed by atoms with Crippen molar-refractivity contribution in [1.82, 2.24) is 5.32 Å². The Labute approximate surface area is 102 Å². The molecule has 0 saturated carbocycles. The van der Waals surface area contributed by atoms with Gasteiger partial charge in [0.05, 0.1) is 6.10 Å². The molecule has 0 bridgehead atoms. The maximum absolute atomic E-state index is 12.8. The molecular weight excluding hydrogens is 217 g/mol. The second kappa shape index (κ2) is 5.61. The van der Waals surface area contributed by atoms with Gasteiger partial charge >= 0.3 is 0 Å². The van der Waals surface area contributed by atoms with Gasteiger partial charge in [-0.25, -0.2) is 4.39 Å². The number of nitrogens with one attached hydrogen (secondary N) is 1. The predicted octanol–water partition coefficient (Wildman–Crippen LogP) is 2.90. The first-order valence-corrected chi connectivity index (χ1v) is 6.27. The van der Waals surface area contributed by atoms with Crippen LogP contribution in [0, 0.1) is 11.7 Å². The van der Waals surface area contributed by atoms with Gasteiger partial charge < -0.3 is 10.1 Å². The highest BCUT2D eigenvalue weighted by atomic mass is 19.1. The molecule has 0 amide bonds. The molecule has 1 aliphatic rings. The van der Waals surface area contributed by atoms with Crippen LogP contribution >= 0.6 is 0 Å². The Hall–Kier alpha value is -0.930. The standard InChI is InChI=1S/C14H20FNO/c1-10(2)13-7-8-17-14(9-16-13)11-3-5-12(15)6-4-11/h3-6,10,13-14,16H,7-9H2,1-2H3. The molecule has 1 N–H and O–H groups in total. The lowest BCUT2D eigenvalue weighted by atomic mass is 10.0. The molecule has 1 heterocycles. The molecule has 2 nitrogen and oxygen atoms in total. The zero-order valence-electron chi connectivity index (χ0n) is 10.4. The van der Waals surface area contributed by atoms with E-state index >= 15 is 0 Å². The Morgan fingerprint density at radius 3 is 2.65 bits per heavy atom. The van der Waals surface area contributed by atoms with Crippen LogP contribution in [0.5, 0.6) is 0 Å². The second-order valence-corrected chi connectivity index (χ2v) is 4.96. The fourth-order valence-corrected chi connectivity index (χ4v) is 2.22. The predicted molar refractivity (Wildman–Crippen MR) is 66.3 cm³/mol. The molecule has 2 rings (SSSR count). The maximum atomic E-state index is 12.8. The average molecular weight is 237 g/mol. The van der Waals surface area contributed by atoms with Crippen molar-refractivity contribution in [3.8, 4) is 0 Å². The van der Waals surface area contributed by atoms with Crippen LogP contribution in [0.15, 0.2) is 24.3 Å². The van der Waals surface area contributed by atoms with Gasteiger partial charge in [-0.1, -0.05) is 26.0 Å². The molecule has 1 aromatic carbocycles. The summed E-state index contributed by atoms with van der Waals surface area (Å²) in [5, 5.41) is 3.53. The van der Waals surface area contributed by atoms with Crippen LogP contribution < -0.4 is 5.32 Å². The Kier molecular flexibility index (Phi) is 4.13. The van der Waals surface area contributed by atoms with Crippen LogP contribution in [0.2, 0.25) is 0 Å². The van der Waals surface area contributed by atoms with E-state index in [1.54, 1.807) is 12.1 Å². The summed E-state index contributed by atoms with van der Waals surface area (Å²) in [7, 11) is 0. The minimum absolute atomic E-state index is 0.0411. The first-order chi connectivity index (χ1) is 8.16. The quantitative estimate of drug-likeness (QED) is 0.854. The van der Waals surface area contributed by atoms with E-state index in [1.807, 2.05) is 0 Å². The van der Waals surface area contributed by atoms with Gasteiger partial charge in [-0.15, -0.1) is 0 Å². The number of ether oxygens (including phenoxy) is 1. The molecule has 2 unspecified atom stereocenters. The van der Waals surface area contributed by atoms with E-state index in [4.69, 9.17) is 4.74 Å². The van der Waals surface area contributed by atoms with E-state index in [1.165, 1.54) is 12.1 Å². The number of halogens is 1. The molecule has 3 heteroatoms. The van der Waals surface area contributed by atoms with E-state index in [9.17, 15) is 4.39 Å². The lowest BCUT2D eigenvalue weighted by molar-refractivity contribution is 0.0660. The van der Waals surface area contributed by atoms with Crippen molar-refractivity contribution in [1.29, 1.82) is 0 Å². The first-order valence-electron chi connectivity index (χ1n) is 6.27. The monoisotopic (exact) mass is 237 g/mol. The van der Waals surface area contributed by atoms with Gasteiger partial charge in [0.25, 0.3) is 0 Å². The fraction of sp³-hybridized carbons (Fsp3) is 0.571. The molecular formula is C14H20FNO. The largest absolute Gasteiger partial charge is 0.372 e. The van der Waals surface area contributed by atoms with E-state index in [0.29, 0.717) is 12.0 Å². The molecule has 17 heavy (non-hydrogen) atoms. The number of hydrogen-bond donors (Lipinski definition) is 1. The van der Waals surface area contributed by atoms with Gasteiger partial charge in [-0.05, 0) is 30.0 Å². The molecule has 1 saturated heterocycles. The van der Waals surface area contributed by atoms with Crippen molar-refractivity contribution in [2.24, 2.45) is 5.92 Å². The van der Waals surface area contributed by atoms with Gasteiger partial charge in [-0.3, -0.25) is 0 Å². The molecule has 1 aromatic rings. The van der Waals surface area contributed by atoms with Gasteiger partial charge in [0.2, 0.25) is 0 Å². The Morgan fingerprint density at radius 2 is 2.00 bits per heavy atom. The number of rotatable bonds is 2. The fourth-order valence-electron chi connectivity index (χ4n) is 2.22. The van der Waals surface area contributed by atoms with Crippen LogP contribution in [-0.2, 0) is 4.74 Å². The SMILES string of the molecule is CC(C)C1CCOC(c2ccc(F)cc2)CN1. The van der Waals surface area contributed by atoms with Gasteiger partial charge in [-0.2, -0.15) is 0 Å². The van der Waals surface area contributed by atoms with Crippen molar-refractivity contribution in [3.63, 3.8) is 0 Å². The van der Waals surface area contributed by atoms with Crippen molar-refractivity contribution >= 4 is 0 Å². The van der Waals surface area contributed by atoms with Gasteiger partial charge in [0.1, 0.15) is 5.82 Å². The summed E-state index contributed by atoms with van der Waals surface area (Å²) in [5.74, 6) is 0.418. The molecule has 0 aromatic heterocycles. The van der Waals surface area contributed by atoms with E-state index in [2.05, 4.69) is 19.2 Å². The number of benzene rings is 1. The summed E-state index contributed by atoms with van der Waals surface area (Å²) >= 11 is 0. The van der Waals surface area contributed by atoms with E-state index < -0.39 is 0 Å². The molecule has 94 valence electrons. The zero-order valence-corrected chi connectivity index (χ0v) is 10.4. The molecule has 2 atom stereocenters. The third kappa shape index (κ3) is 3.27. The van der Waals surface area contributed by atoms with Crippen LogP contribution in [0.1, 0.15) is 31.9 Å². The molecule has 0 radical (unpaired) electrons. The first kappa shape index (κ1) is 12.5. The zero-order chi connectivity index (χ0) is 12.3. The van der Waals surface area contributed by atoms with Crippen LogP contribution in [0.3, 0.4) is 0 Å². The molecule has 0 aliphatic carbocycles. The van der Waals surface area contributed by atoms with Crippen molar-refractivity contribution < 1.29 is 9.13 Å². The summed E-state index contributed by atoms with van der Waals surface area (Å²) in [6, 6.07) is 7.10. The lowest BCUT2D eigenvalue weighted by Crippen LogP contribution is -2.34. The molecule has 1 fully saturated rings.